The van der Waals surface area contributed by atoms with Crippen molar-refractivity contribution in [1.82, 2.24) is 9.88 Å². The second-order valence-corrected chi connectivity index (χ2v) is 5.97. The summed E-state index contributed by atoms with van der Waals surface area (Å²) in [5.74, 6) is 0.502. The van der Waals surface area contributed by atoms with Gasteiger partial charge >= 0.3 is 0 Å². The summed E-state index contributed by atoms with van der Waals surface area (Å²) < 4.78 is 5.51. The highest BCUT2D eigenvalue weighted by Gasteiger charge is 2.28. The van der Waals surface area contributed by atoms with Gasteiger partial charge in [0.2, 0.25) is 5.88 Å². The zero-order valence-electron chi connectivity index (χ0n) is 13.0. The molecule has 1 heterocycles. The number of nitrogens with zero attached hydrogens (tertiary/aromatic N) is 2. The fourth-order valence-electron chi connectivity index (χ4n) is 2.70. The molecule has 1 aliphatic rings. The van der Waals surface area contributed by atoms with Crippen molar-refractivity contribution in [3.05, 3.63) is 23.9 Å². The van der Waals surface area contributed by atoms with Gasteiger partial charge < -0.3 is 14.7 Å². The van der Waals surface area contributed by atoms with Crippen LogP contribution in [0.15, 0.2) is 18.2 Å². The zero-order chi connectivity index (χ0) is 15.4. The van der Waals surface area contributed by atoms with Gasteiger partial charge in [0.25, 0.3) is 5.91 Å². The molecular weight excluding hydrogens is 268 g/mol. The molecule has 21 heavy (non-hydrogen) atoms. The first kappa shape index (κ1) is 15.8. The predicted molar refractivity (Wildman–Crippen MR) is 80.3 cm³/mol. The van der Waals surface area contributed by atoms with Crippen LogP contribution in [0.4, 0.5) is 0 Å². The molecule has 0 saturated heterocycles. The molecule has 0 bridgehead atoms. The van der Waals surface area contributed by atoms with E-state index in [-0.39, 0.29) is 24.0 Å². The van der Waals surface area contributed by atoms with E-state index in [1.807, 2.05) is 13.8 Å². The van der Waals surface area contributed by atoms with Crippen LogP contribution in [0.2, 0.25) is 0 Å². The van der Waals surface area contributed by atoms with Gasteiger partial charge in [0, 0.05) is 25.6 Å². The third-order valence-electron chi connectivity index (χ3n) is 3.77. The van der Waals surface area contributed by atoms with Crippen molar-refractivity contribution in [2.75, 3.05) is 13.6 Å². The van der Waals surface area contributed by atoms with Crippen molar-refractivity contribution in [3.8, 4) is 5.88 Å². The minimum atomic E-state index is -0.288. The molecule has 116 valence electrons. The molecule has 2 rings (SSSR count). The van der Waals surface area contributed by atoms with Crippen molar-refractivity contribution in [2.24, 2.45) is 5.92 Å². The summed E-state index contributed by atoms with van der Waals surface area (Å²) in [5.41, 5.74) is 0.378. The van der Waals surface area contributed by atoms with E-state index in [1.165, 1.54) is 0 Å². The number of aliphatic hydroxyl groups excluding tert-OH is 1. The number of carbonyl (C=O) groups is 1. The van der Waals surface area contributed by atoms with Gasteiger partial charge in [-0.25, -0.2) is 4.98 Å². The standard InChI is InChI=1S/C16H24N2O3/c1-11(2)21-15-9-5-7-13(17-15)16(20)18(3)10-12-6-4-8-14(12)19/h5,7,9,11-12,14,19H,4,6,8,10H2,1-3H3. The molecule has 1 fully saturated rings. The lowest BCUT2D eigenvalue weighted by molar-refractivity contribution is 0.0686. The summed E-state index contributed by atoms with van der Waals surface area (Å²) in [5, 5.41) is 9.86. The van der Waals surface area contributed by atoms with Crippen molar-refractivity contribution in [3.63, 3.8) is 0 Å². The lowest BCUT2D eigenvalue weighted by Gasteiger charge is -2.23. The Balaban J connectivity index is 2.01. The smallest absolute Gasteiger partial charge is 0.272 e. The number of hydrogen-bond donors (Lipinski definition) is 1. The van der Waals surface area contributed by atoms with Crippen LogP contribution in [0, 0.1) is 5.92 Å². The van der Waals surface area contributed by atoms with Crippen LogP contribution in [0.3, 0.4) is 0 Å². The molecule has 0 spiro atoms. The molecule has 0 aliphatic heterocycles. The van der Waals surface area contributed by atoms with Gasteiger partial charge in [-0.3, -0.25) is 4.79 Å². The van der Waals surface area contributed by atoms with E-state index in [9.17, 15) is 9.90 Å². The molecule has 1 saturated carbocycles. The Morgan fingerprint density at radius 2 is 2.24 bits per heavy atom. The summed E-state index contributed by atoms with van der Waals surface area (Å²) in [6.07, 6.45) is 2.58. The molecule has 5 heteroatoms. The summed E-state index contributed by atoms with van der Waals surface area (Å²) in [6.45, 7) is 4.41. The zero-order valence-corrected chi connectivity index (χ0v) is 13.0. The quantitative estimate of drug-likeness (QED) is 0.902. The van der Waals surface area contributed by atoms with Gasteiger partial charge in [-0.05, 0) is 32.8 Å². The molecule has 2 atom stereocenters. The van der Waals surface area contributed by atoms with Crippen molar-refractivity contribution in [1.29, 1.82) is 0 Å². The van der Waals surface area contributed by atoms with Crippen LogP contribution < -0.4 is 4.74 Å². The number of amides is 1. The molecule has 0 aromatic carbocycles. The lowest BCUT2D eigenvalue weighted by atomic mass is 10.1. The predicted octanol–water partition coefficient (Wildman–Crippen LogP) is 2.10. The van der Waals surface area contributed by atoms with Gasteiger partial charge in [-0.1, -0.05) is 12.5 Å². The summed E-state index contributed by atoms with van der Waals surface area (Å²) >= 11 is 0. The minimum Gasteiger partial charge on any atom is -0.475 e. The molecule has 5 nitrogen and oxygen atoms in total. The van der Waals surface area contributed by atoms with Gasteiger partial charge in [-0.2, -0.15) is 0 Å². The number of pyridine rings is 1. The Morgan fingerprint density at radius 1 is 1.48 bits per heavy atom. The number of rotatable bonds is 5. The monoisotopic (exact) mass is 292 g/mol. The van der Waals surface area contributed by atoms with Crippen molar-refractivity contribution < 1.29 is 14.6 Å². The Bertz CT molecular complexity index is 490. The first-order chi connectivity index (χ1) is 9.97. The van der Waals surface area contributed by atoms with Gasteiger partial charge in [0.15, 0.2) is 0 Å². The Hall–Kier alpha value is -1.62. The highest BCUT2D eigenvalue weighted by Crippen LogP contribution is 2.26. The fourth-order valence-corrected chi connectivity index (χ4v) is 2.70. The third-order valence-corrected chi connectivity index (χ3v) is 3.77. The largest absolute Gasteiger partial charge is 0.475 e. The van der Waals surface area contributed by atoms with E-state index >= 15 is 0 Å². The molecule has 1 aromatic rings. The first-order valence-corrected chi connectivity index (χ1v) is 7.54. The van der Waals surface area contributed by atoms with Crippen LogP contribution in [0.25, 0.3) is 0 Å². The van der Waals surface area contributed by atoms with Crippen LogP contribution in [0.5, 0.6) is 5.88 Å². The Labute approximate surface area is 125 Å². The molecule has 1 amide bonds. The summed E-state index contributed by atoms with van der Waals surface area (Å²) in [4.78, 5) is 18.3. The van der Waals surface area contributed by atoms with Crippen molar-refractivity contribution >= 4 is 5.91 Å². The molecule has 0 radical (unpaired) electrons. The van der Waals surface area contributed by atoms with E-state index < -0.39 is 0 Å². The average molecular weight is 292 g/mol. The average Bonchev–Trinajstić information content (AvgIpc) is 2.83. The van der Waals surface area contributed by atoms with Crippen LogP contribution >= 0.6 is 0 Å². The van der Waals surface area contributed by atoms with E-state index in [0.717, 1.165) is 19.3 Å². The fraction of sp³-hybridized carbons (Fsp3) is 0.625. The van der Waals surface area contributed by atoms with Crippen LogP contribution in [0.1, 0.15) is 43.6 Å². The van der Waals surface area contributed by atoms with E-state index in [0.29, 0.717) is 18.1 Å². The number of aromatic nitrogens is 1. The Kier molecular flexibility index (Phi) is 5.17. The molecule has 1 N–H and O–H groups in total. The van der Waals surface area contributed by atoms with Gasteiger partial charge in [-0.15, -0.1) is 0 Å². The second kappa shape index (κ2) is 6.89. The third kappa shape index (κ3) is 4.17. The second-order valence-electron chi connectivity index (χ2n) is 5.97. The van der Waals surface area contributed by atoms with Gasteiger partial charge in [0.1, 0.15) is 5.69 Å². The highest BCUT2D eigenvalue weighted by atomic mass is 16.5. The lowest BCUT2D eigenvalue weighted by Crippen LogP contribution is -2.35. The maximum Gasteiger partial charge on any atom is 0.272 e. The molecule has 2 unspecified atom stereocenters. The summed E-state index contributed by atoms with van der Waals surface area (Å²) in [6, 6.07) is 5.21. The highest BCUT2D eigenvalue weighted by molar-refractivity contribution is 5.92. The number of carbonyl (C=O) groups excluding carboxylic acids is 1. The number of hydrogen-bond acceptors (Lipinski definition) is 4. The summed E-state index contributed by atoms with van der Waals surface area (Å²) in [7, 11) is 1.75. The number of aliphatic hydroxyl groups is 1. The first-order valence-electron chi connectivity index (χ1n) is 7.54. The number of ether oxygens (including phenoxy) is 1. The van der Waals surface area contributed by atoms with E-state index in [1.54, 1.807) is 30.1 Å². The van der Waals surface area contributed by atoms with E-state index in [2.05, 4.69) is 4.98 Å². The topological polar surface area (TPSA) is 62.7 Å². The minimum absolute atomic E-state index is 0.0224. The SMILES string of the molecule is CC(C)Oc1cccc(C(=O)N(C)CC2CCCC2O)n1. The van der Waals surface area contributed by atoms with Gasteiger partial charge in [0.05, 0.1) is 12.2 Å². The van der Waals surface area contributed by atoms with Crippen LogP contribution in [-0.4, -0.2) is 46.7 Å². The molecule has 1 aliphatic carbocycles. The maximum absolute atomic E-state index is 12.4. The van der Waals surface area contributed by atoms with Crippen LogP contribution in [-0.2, 0) is 0 Å². The van der Waals surface area contributed by atoms with Crippen molar-refractivity contribution in [2.45, 2.75) is 45.3 Å². The van der Waals surface area contributed by atoms with E-state index in [4.69, 9.17) is 4.74 Å². The molecular formula is C16H24N2O3. The Morgan fingerprint density at radius 3 is 2.86 bits per heavy atom. The molecule has 1 aromatic heterocycles. The normalized spacial score (nSPS) is 21.6. The maximum atomic E-state index is 12.4.